The van der Waals surface area contributed by atoms with E-state index < -0.39 is 0 Å². The van der Waals surface area contributed by atoms with Crippen molar-refractivity contribution in [3.63, 3.8) is 0 Å². The molecule has 72 heavy (non-hydrogen) atoms. The van der Waals surface area contributed by atoms with Crippen molar-refractivity contribution in [1.29, 1.82) is 0 Å². The van der Waals surface area contributed by atoms with E-state index in [2.05, 4.69) is 227 Å². The van der Waals surface area contributed by atoms with Crippen LogP contribution in [0.2, 0.25) is 0 Å². The van der Waals surface area contributed by atoms with Crippen LogP contribution in [0.1, 0.15) is 134 Å². The average Bonchev–Trinajstić information content (AvgIpc) is 3.68. The third-order valence-electron chi connectivity index (χ3n) is 18.6. The fraction of sp³-hybridized carbons (Fsp3) is 0.314. The highest BCUT2D eigenvalue weighted by atomic mass is 14.6. The van der Waals surface area contributed by atoms with E-state index in [0.717, 1.165) is 11.8 Å². The van der Waals surface area contributed by atoms with Crippen LogP contribution in [0.3, 0.4) is 0 Å². The van der Waals surface area contributed by atoms with Crippen molar-refractivity contribution in [2.45, 2.75) is 130 Å². The van der Waals surface area contributed by atoms with Gasteiger partial charge in [-0.25, -0.2) is 0 Å². The second-order valence-corrected chi connectivity index (χ2v) is 24.3. The van der Waals surface area contributed by atoms with Gasteiger partial charge in [-0.1, -0.05) is 246 Å². The van der Waals surface area contributed by atoms with Gasteiger partial charge in [0, 0.05) is 0 Å². The van der Waals surface area contributed by atoms with E-state index in [0.29, 0.717) is 11.8 Å². The lowest BCUT2D eigenvalue weighted by molar-refractivity contribution is -0.0281. The Balaban J connectivity index is 0.876. The largest absolute Gasteiger partial charge is 0.243 e. The summed E-state index contributed by atoms with van der Waals surface area (Å²) in [6.45, 7) is 23.9. The fourth-order valence-corrected chi connectivity index (χ4v) is 16.3. The molecule has 4 fully saturated rings. The zero-order chi connectivity index (χ0) is 49.8. The maximum atomic E-state index is 2.75. The number of benzene rings is 8. The minimum atomic E-state index is 0.146. The van der Waals surface area contributed by atoms with E-state index >= 15 is 0 Å². The maximum absolute atomic E-state index is 2.75. The van der Waals surface area contributed by atoms with Crippen LogP contribution in [0, 0.1) is 53.4 Å². The first-order valence-corrected chi connectivity index (χ1v) is 27.5. The van der Waals surface area contributed by atoms with E-state index in [1.54, 1.807) is 27.7 Å². The fourth-order valence-electron chi connectivity index (χ4n) is 16.3. The van der Waals surface area contributed by atoms with E-state index in [1.807, 2.05) is 0 Å². The Hall–Kier alpha value is -6.11. The van der Waals surface area contributed by atoms with Crippen LogP contribution in [0.15, 0.2) is 158 Å². The third-order valence-corrected chi connectivity index (χ3v) is 18.6. The lowest BCUT2D eigenvalue weighted by Gasteiger charge is -2.63. The molecule has 1 heterocycles. The molecule has 1 aliphatic heterocycles. The zero-order valence-corrected chi connectivity index (χ0v) is 44.7. The normalized spacial score (nSPS) is 20.6. The van der Waals surface area contributed by atoms with Crippen LogP contribution in [0.5, 0.6) is 0 Å². The molecule has 13 rings (SSSR count). The highest BCUT2D eigenvalue weighted by Crippen LogP contribution is 2.66. The Kier molecular flexibility index (Phi) is 11.6. The van der Waals surface area contributed by atoms with E-state index in [1.165, 1.54) is 133 Å². The summed E-state index contributed by atoms with van der Waals surface area (Å²) in [6.07, 6.45) is 8.04. The van der Waals surface area contributed by atoms with Gasteiger partial charge in [0.15, 0.2) is 0 Å². The molecule has 2 heteroatoms. The predicted molar refractivity (Wildman–Crippen MR) is 312 cm³/mol. The standard InChI is InChI=1S/C70H72B2/c1-43(2)62-36-58(37-63(44(3)4)68(62)72-64-23-13-11-21-60(64)61-22-12-14-24-65(61)72)70-40-51-33-52(41-70)39-69(38-51,42-70)57-27-25-53(26-28-57)54-17-15-18-55(34-54)56-19-16-20-59(35-56)71(66-47(7)29-45(5)30-48(66)8)67-49(9)31-46(6)32-50(67)10/h11-32,34-37,43-44,51-52H,33,38-42H2,1-10H3. The van der Waals surface area contributed by atoms with Crippen molar-refractivity contribution in [3.8, 4) is 33.4 Å². The average molecular weight is 935 g/mol. The predicted octanol–water partition coefficient (Wildman–Crippen LogP) is 13.9. The van der Waals surface area contributed by atoms with Crippen LogP contribution in [0.4, 0.5) is 0 Å². The monoisotopic (exact) mass is 935 g/mol. The summed E-state index contributed by atoms with van der Waals surface area (Å²) in [5.41, 5.74) is 31.6. The molecular formula is C70H72B2. The van der Waals surface area contributed by atoms with Gasteiger partial charge in [-0.3, -0.25) is 0 Å². The molecule has 4 bridgehead atoms. The molecule has 0 amide bonds. The number of fused-ring (bicyclic) bond motifs is 3. The second-order valence-electron chi connectivity index (χ2n) is 24.3. The number of rotatable bonds is 10. The Labute approximate surface area is 432 Å². The highest BCUT2D eigenvalue weighted by Gasteiger charge is 2.59. The van der Waals surface area contributed by atoms with Crippen molar-refractivity contribution in [1.82, 2.24) is 0 Å². The number of hydrogen-bond acceptors (Lipinski definition) is 0. The van der Waals surface area contributed by atoms with Crippen LogP contribution < -0.4 is 32.8 Å². The van der Waals surface area contributed by atoms with Gasteiger partial charge in [0.05, 0.1) is 0 Å². The SMILES string of the molecule is Cc1cc(C)c(B(c2cccc(-c3cccc(-c4ccc(C56CC7CC(C5)CC(c5cc(C(C)C)c(B8c9ccccc9-c9ccccc98)c(C(C)C)c5)(C7)C6)cc4)c3)c2)c2c(C)cc(C)cc2C)c(C)c1. The molecule has 2 atom stereocenters. The second kappa shape index (κ2) is 17.8. The molecular weight excluding hydrogens is 862 g/mol. The minimum Gasteiger partial charge on any atom is -0.0680 e. The van der Waals surface area contributed by atoms with Crippen LogP contribution in [-0.4, -0.2) is 13.4 Å². The van der Waals surface area contributed by atoms with Crippen LogP contribution in [0.25, 0.3) is 33.4 Å². The van der Waals surface area contributed by atoms with E-state index in [4.69, 9.17) is 0 Å². The summed E-state index contributed by atoms with van der Waals surface area (Å²) in [6, 6.07) is 62.2. The Morgan fingerprint density at radius 3 is 1.39 bits per heavy atom. The molecule has 0 aromatic heterocycles. The summed E-state index contributed by atoms with van der Waals surface area (Å²) in [5.74, 6) is 2.45. The van der Waals surface area contributed by atoms with Crippen molar-refractivity contribution in [3.05, 3.63) is 213 Å². The lowest BCUT2D eigenvalue weighted by Crippen LogP contribution is -2.56. The molecule has 2 unspecified atom stereocenters. The van der Waals surface area contributed by atoms with Crippen LogP contribution in [-0.2, 0) is 10.8 Å². The molecule has 0 nitrogen and oxygen atoms in total. The molecule has 4 saturated carbocycles. The summed E-state index contributed by atoms with van der Waals surface area (Å²) < 4.78 is 0. The van der Waals surface area contributed by atoms with E-state index in [9.17, 15) is 0 Å². The van der Waals surface area contributed by atoms with Gasteiger partial charge in [0.1, 0.15) is 0 Å². The molecule has 5 aliphatic rings. The third kappa shape index (κ3) is 7.81. The Bertz CT molecular complexity index is 3230. The van der Waals surface area contributed by atoms with Crippen LogP contribution >= 0.6 is 0 Å². The minimum absolute atomic E-state index is 0.146. The number of hydrogen-bond donors (Lipinski definition) is 0. The maximum Gasteiger partial charge on any atom is 0.243 e. The van der Waals surface area contributed by atoms with Gasteiger partial charge in [-0.15, -0.1) is 0 Å². The van der Waals surface area contributed by atoms with Gasteiger partial charge in [-0.2, -0.15) is 0 Å². The van der Waals surface area contributed by atoms with Gasteiger partial charge in [0.2, 0.25) is 13.4 Å². The molecule has 358 valence electrons. The quantitative estimate of drug-likeness (QED) is 0.120. The topological polar surface area (TPSA) is 0 Å². The Morgan fingerprint density at radius 1 is 0.444 bits per heavy atom. The molecule has 8 aromatic rings. The molecule has 8 aromatic carbocycles. The summed E-state index contributed by atoms with van der Waals surface area (Å²) in [4.78, 5) is 0. The van der Waals surface area contributed by atoms with Crippen molar-refractivity contribution in [2.75, 3.05) is 0 Å². The number of aryl methyl sites for hydroxylation is 6. The highest BCUT2D eigenvalue weighted by molar-refractivity contribution is 6.99. The molecule has 0 spiro atoms. The first-order valence-electron chi connectivity index (χ1n) is 27.5. The molecule has 0 radical (unpaired) electrons. The summed E-state index contributed by atoms with van der Waals surface area (Å²) in [5, 5.41) is 0. The lowest BCUT2D eigenvalue weighted by atomic mass is 9.34. The van der Waals surface area contributed by atoms with Crippen molar-refractivity contribution in [2.24, 2.45) is 11.8 Å². The molecule has 0 N–H and O–H groups in total. The summed E-state index contributed by atoms with van der Waals surface area (Å²) >= 11 is 0. The van der Waals surface area contributed by atoms with Gasteiger partial charge in [-0.05, 0) is 176 Å². The smallest absolute Gasteiger partial charge is 0.0680 e. The summed E-state index contributed by atoms with van der Waals surface area (Å²) in [7, 11) is 0. The Morgan fingerprint density at radius 2 is 0.889 bits per heavy atom. The first-order chi connectivity index (χ1) is 34.7. The zero-order valence-electron chi connectivity index (χ0n) is 44.7. The van der Waals surface area contributed by atoms with Crippen molar-refractivity contribution < 1.29 is 0 Å². The van der Waals surface area contributed by atoms with E-state index in [-0.39, 0.29) is 24.3 Å². The first kappa shape index (κ1) is 46.9. The van der Waals surface area contributed by atoms with Gasteiger partial charge < -0.3 is 0 Å². The molecule has 0 saturated heterocycles. The van der Waals surface area contributed by atoms with Crippen molar-refractivity contribution >= 4 is 46.2 Å². The molecule has 4 aliphatic carbocycles. The van der Waals surface area contributed by atoms with Gasteiger partial charge >= 0.3 is 0 Å². The van der Waals surface area contributed by atoms with Gasteiger partial charge in [0.25, 0.3) is 0 Å².